The number of amides is 1. The van der Waals surface area contributed by atoms with Crippen molar-refractivity contribution >= 4 is 38.9 Å². The second-order valence-electron chi connectivity index (χ2n) is 7.09. The molecule has 0 spiro atoms. The molecule has 0 aliphatic carbocycles. The van der Waals surface area contributed by atoms with Crippen LogP contribution in [0.5, 0.6) is 0 Å². The molecule has 10 nitrogen and oxygen atoms in total. The molecule has 3 aromatic rings. The van der Waals surface area contributed by atoms with E-state index in [1.807, 2.05) is 0 Å². The standard InChI is InChI=1S/C22H13FN2O8S/c23-16-8-6-13(25(29)30)10-17(16)24-20(26)11-33-22(28)12-5-7-15-19(9-12)34(31,32)18-4-2-1-3-14(18)21(15)27/h1-10H,11H2,(H,24,26). The molecule has 0 atom stereocenters. The van der Waals surface area contributed by atoms with Crippen LogP contribution in [0.3, 0.4) is 0 Å². The highest BCUT2D eigenvalue weighted by molar-refractivity contribution is 7.91. The van der Waals surface area contributed by atoms with Crippen molar-refractivity contribution in [1.82, 2.24) is 0 Å². The second kappa shape index (κ2) is 8.48. The second-order valence-corrected chi connectivity index (χ2v) is 8.97. The largest absolute Gasteiger partial charge is 0.452 e. The number of nitrogens with one attached hydrogen (secondary N) is 1. The van der Waals surface area contributed by atoms with Crippen molar-refractivity contribution in [3.63, 3.8) is 0 Å². The fourth-order valence-electron chi connectivity index (χ4n) is 3.33. The van der Waals surface area contributed by atoms with Crippen molar-refractivity contribution in [3.8, 4) is 0 Å². The van der Waals surface area contributed by atoms with Gasteiger partial charge in [-0.2, -0.15) is 0 Å². The molecule has 0 aromatic heterocycles. The van der Waals surface area contributed by atoms with Crippen molar-refractivity contribution in [2.75, 3.05) is 11.9 Å². The average molecular weight is 484 g/mol. The van der Waals surface area contributed by atoms with E-state index in [4.69, 9.17) is 4.74 Å². The van der Waals surface area contributed by atoms with Crippen molar-refractivity contribution in [2.24, 2.45) is 0 Å². The Hall–Kier alpha value is -4.45. The first kappa shape index (κ1) is 22.7. The van der Waals surface area contributed by atoms with Crippen molar-refractivity contribution in [1.29, 1.82) is 0 Å². The van der Waals surface area contributed by atoms with Gasteiger partial charge in [-0.3, -0.25) is 19.7 Å². The predicted molar refractivity (Wildman–Crippen MR) is 114 cm³/mol. The molecule has 0 saturated heterocycles. The lowest BCUT2D eigenvalue weighted by Gasteiger charge is -2.19. The smallest absolute Gasteiger partial charge is 0.338 e. The zero-order chi connectivity index (χ0) is 24.6. The van der Waals surface area contributed by atoms with Gasteiger partial charge < -0.3 is 10.1 Å². The summed E-state index contributed by atoms with van der Waals surface area (Å²) < 4.78 is 44.5. The van der Waals surface area contributed by atoms with Gasteiger partial charge in [0.05, 0.1) is 26.0 Å². The van der Waals surface area contributed by atoms with E-state index >= 15 is 0 Å². The topological polar surface area (TPSA) is 150 Å². The number of nitro groups is 1. The van der Waals surface area contributed by atoms with Gasteiger partial charge >= 0.3 is 5.97 Å². The van der Waals surface area contributed by atoms with Crippen LogP contribution in [0.2, 0.25) is 0 Å². The van der Waals surface area contributed by atoms with Crippen molar-refractivity contribution in [3.05, 3.63) is 93.3 Å². The molecule has 1 N–H and O–H groups in total. The number of rotatable bonds is 5. The summed E-state index contributed by atoms with van der Waals surface area (Å²) in [4.78, 5) is 46.5. The summed E-state index contributed by atoms with van der Waals surface area (Å²) >= 11 is 0. The SMILES string of the molecule is O=C(COC(=O)c1ccc2c(c1)S(=O)(=O)c1ccccc1C2=O)Nc1cc([N+](=O)[O-])ccc1F. The van der Waals surface area contributed by atoms with E-state index in [1.54, 1.807) is 0 Å². The number of esters is 1. The summed E-state index contributed by atoms with van der Waals surface area (Å²) in [6, 6.07) is 11.5. The molecule has 1 aliphatic rings. The van der Waals surface area contributed by atoms with E-state index < -0.39 is 56.2 Å². The van der Waals surface area contributed by atoms with E-state index in [0.717, 1.165) is 24.3 Å². The monoisotopic (exact) mass is 484 g/mol. The number of fused-ring (bicyclic) bond motifs is 2. The third-order valence-corrected chi connectivity index (χ3v) is 6.79. The Bertz CT molecular complexity index is 1500. The van der Waals surface area contributed by atoms with Crippen LogP contribution in [0.4, 0.5) is 15.8 Å². The summed E-state index contributed by atoms with van der Waals surface area (Å²) in [7, 11) is -4.08. The average Bonchev–Trinajstić information content (AvgIpc) is 2.82. The Morgan fingerprint density at radius 1 is 1.00 bits per heavy atom. The highest BCUT2D eigenvalue weighted by Crippen LogP contribution is 2.34. The molecule has 34 heavy (non-hydrogen) atoms. The fraction of sp³-hybridized carbons (Fsp3) is 0.0455. The van der Waals surface area contributed by atoms with Crippen molar-refractivity contribution in [2.45, 2.75) is 9.79 Å². The number of non-ortho nitro benzene ring substituents is 1. The van der Waals surface area contributed by atoms with Crippen LogP contribution in [0, 0.1) is 15.9 Å². The molecule has 3 aromatic carbocycles. The Morgan fingerprint density at radius 3 is 2.44 bits per heavy atom. The van der Waals surface area contributed by atoms with Crippen LogP contribution < -0.4 is 5.32 Å². The van der Waals surface area contributed by atoms with Gasteiger partial charge in [0, 0.05) is 23.3 Å². The number of benzene rings is 3. The zero-order valence-electron chi connectivity index (χ0n) is 17.0. The van der Waals surface area contributed by atoms with Gasteiger partial charge in [0.15, 0.2) is 12.4 Å². The molecule has 0 unspecified atom stereocenters. The third-order valence-electron chi connectivity index (χ3n) is 4.94. The minimum atomic E-state index is -4.08. The van der Waals surface area contributed by atoms with Gasteiger partial charge in [-0.15, -0.1) is 0 Å². The molecular weight excluding hydrogens is 471 g/mol. The van der Waals surface area contributed by atoms with Crippen LogP contribution >= 0.6 is 0 Å². The van der Waals surface area contributed by atoms with Gasteiger partial charge in [-0.05, 0) is 36.4 Å². The summed E-state index contributed by atoms with van der Waals surface area (Å²) in [5.74, 6) is -3.50. The van der Waals surface area contributed by atoms with Crippen LogP contribution in [-0.2, 0) is 19.4 Å². The molecule has 1 aliphatic heterocycles. The maximum atomic E-state index is 13.8. The first-order valence-electron chi connectivity index (χ1n) is 9.53. The minimum absolute atomic E-state index is 0.0235. The molecule has 1 amide bonds. The van der Waals surface area contributed by atoms with Gasteiger partial charge in [0.2, 0.25) is 9.84 Å². The normalized spacial score (nSPS) is 13.4. The molecule has 1 heterocycles. The summed E-state index contributed by atoms with van der Waals surface area (Å²) in [6.07, 6.45) is 0. The summed E-state index contributed by atoms with van der Waals surface area (Å²) in [6.45, 7) is -0.882. The first-order chi connectivity index (χ1) is 16.1. The molecule has 4 rings (SSSR count). The van der Waals surface area contributed by atoms with Crippen LogP contribution in [0.25, 0.3) is 0 Å². The number of ether oxygens (including phenoxy) is 1. The summed E-state index contributed by atoms with van der Waals surface area (Å²) in [5.41, 5.74) is -1.25. The summed E-state index contributed by atoms with van der Waals surface area (Å²) in [5, 5.41) is 12.9. The molecule has 172 valence electrons. The number of nitro benzene ring substituents is 1. The number of carbonyl (C=O) groups excluding carboxylic acids is 3. The molecule has 12 heteroatoms. The van der Waals surface area contributed by atoms with Gasteiger partial charge in [-0.25, -0.2) is 17.6 Å². The number of carbonyl (C=O) groups is 3. The predicted octanol–water partition coefficient (Wildman–Crippen LogP) is 2.91. The lowest BCUT2D eigenvalue weighted by atomic mass is 10.0. The number of nitrogens with zero attached hydrogens (tertiary/aromatic N) is 1. The van der Waals surface area contributed by atoms with Gasteiger partial charge in [0.1, 0.15) is 5.82 Å². The molecule has 0 bridgehead atoms. The third kappa shape index (κ3) is 4.01. The molecule has 0 radical (unpaired) electrons. The Balaban J connectivity index is 1.51. The number of hydrogen-bond acceptors (Lipinski definition) is 8. The molecule has 0 saturated carbocycles. The van der Waals surface area contributed by atoms with Crippen LogP contribution in [-0.4, -0.2) is 37.6 Å². The number of sulfone groups is 1. The highest BCUT2D eigenvalue weighted by atomic mass is 32.2. The van der Waals surface area contributed by atoms with Gasteiger partial charge in [0.25, 0.3) is 11.6 Å². The Morgan fingerprint density at radius 2 is 1.71 bits per heavy atom. The number of halogens is 1. The zero-order valence-corrected chi connectivity index (χ0v) is 17.8. The number of anilines is 1. The highest BCUT2D eigenvalue weighted by Gasteiger charge is 2.35. The van der Waals surface area contributed by atoms with Crippen molar-refractivity contribution < 1.29 is 36.9 Å². The van der Waals surface area contributed by atoms with E-state index in [0.29, 0.717) is 0 Å². The molecular formula is C22H13FN2O8S. The van der Waals surface area contributed by atoms with E-state index in [1.165, 1.54) is 36.4 Å². The Labute approximate surface area is 191 Å². The maximum absolute atomic E-state index is 13.8. The van der Waals surface area contributed by atoms with E-state index in [2.05, 4.69) is 5.32 Å². The lowest BCUT2D eigenvalue weighted by Crippen LogP contribution is -2.23. The van der Waals surface area contributed by atoms with Gasteiger partial charge in [-0.1, -0.05) is 12.1 Å². The van der Waals surface area contributed by atoms with E-state index in [-0.39, 0.29) is 26.5 Å². The van der Waals surface area contributed by atoms with E-state index in [9.17, 15) is 37.3 Å². The number of ketones is 1. The quantitative estimate of drug-likeness (QED) is 0.258. The minimum Gasteiger partial charge on any atom is -0.452 e. The lowest BCUT2D eigenvalue weighted by molar-refractivity contribution is -0.384. The van der Waals surface area contributed by atoms with Crippen LogP contribution in [0.1, 0.15) is 26.3 Å². The maximum Gasteiger partial charge on any atom is 0.338 e. The Kier molecular flexibility index (Phi) is 5.67. The van der Waals surface area contributed by atoms with Crippen LogP contribution in [0.15, 0.2) is 70.5 Å². The first-order valence-corrected chi connectivity index (χ1v) is 11.0. The fourth-order valence-corrected chi connectivity index (χ4v) is 5.01. The number of hydrogen-bond donors (Lipinski definition) is 1. The molecule has 0 fully saturated rings.